The molecular weight excluding hydrogens is 572 g/mol. The fourth-order valence-electron chi connectivity index (χ4n) is 2.93. The summed E-state index contributed by atoms with van der Waals surface area (Å²) in [6.45, 7) is 0.373. The minimum Gasteiger partial charge on any atom is -0.494 e. The van der Waals surface area contributed by atoms with Crippen LogP contribution in [0, 0.1) is 0 Å². The predicted octanol–water partition coefficient (Wildman–Crippen LogP) is 3.67. The van der Waals surface area contributed by atoms with Crippen LogP contribution in [0.5, 0.6) is 17.6 Å². The van der Waals surface area contributed by atoms with Crippen LogP contribution in [0.25, 0.3) is 11.1 Å². The first-order valence-corrected chi connectivity index (χ1v) is 13.6. The van der Waals surface area contributed by atoms with Crippen molar-refractivity contribution in [3.05, 3.63) is 69.8 Å². The smallest absolute Gasteiger partial charge is 0.316 e. The Kier molecular flexibility index (Phi) is 8.64. The average Bonchev–Trinajstić information content (AvgIpc) is 3.40. The minimum absolute atomic E-state index is 0.0698. The maximum Gasteiger partial charge on any atom is 0.316 e. The van der Waals surface area contributed by atoms with E-state index in [0.29, 0.717) is 16.9 Å². The number of thiophene rings is 1. The maximum absolute atomic E-state index is 12.7. The third kappa shape index (κ3) is 7.10. The molecule has 3 aromatic heterocycles. The number of nitrogens with one attached hydrogen (secondary N) is 2. The lowest BCUT2D eigenvalue weighted by molar-refractivity contribution is 0.201. The van der Waals surface area contributed by atoms with E-state index in [9.17, 15) is 8.42 Å². The summed E-state index contributed by atoms with van der Waals surface area (Å²) in [5.74, 6) is 0.765. The zero-order chi connectivity index (χ0) is 25.4. The van der Waals surface area contributed by atoms with Crippen LogP contribution in [-0.4, -0.2) is 48.7 Å². The molecule has 4 rings (SSSR count). The zero-order valence-electron chi connectivity index (χ0n) is 18.9. The van der Waals surface area contributed by atoms with Gasteiger partial charge in [0.15, 0.2) is 11.6 Å². The summed E-state index contributed by atoms with van der Waals surface area (Å²) in [7, 11) is -2.41. The van der Waals surface area contributed by atoms with Crippen molar-refractivity contribution in [3.8, 4) is 28.8 Å². The van der Waals surface area contributed by atoms with Crippen LogP contribution in [0.3, 0.4) is 0 Å². The molecule has 0 spiro atoms. The second-order valence-corrected chi connectivity index (χ2v) is 10.5. The lowest BCUT2D eigenvalue weighted by Gasteiger charge is -2.16. The van der Waals surface area contributed by atoms with Crippen molar-refractivity contribution in [1.82, 2.24) is 24.7 Å². The average molecular weight is 593 g/mol. The fourth-order valence-corrected chi connectivity index (χ4v) is 4.76. The summed E-state index contributed by atoms with van der Waals surface area (Å²) in [4.78, 5) is 17.3. The van der Waals surface area contributed by atoms with Gasteiger partial charge in [0, 0.05) is 15.9 Å². The Morgan fingerprint density at radius 1 is 1.00 bits per heavy atom. The van der Waals surface area contributed by atoms with E-state index in [-0.39, 0.29) is 37.5 Å². The van der Waals surface area contributed by atoms with Crippen LogP contribution in [0.4, 0.5) is 5.82 Å². The Labute approximate surface area is 220 Å². The third-order valence-corrected chi connectivity index (χ3v) is 6.98. The van der Waals surface area contributed by atoms with Crippen molar-refractivity contribution < 1.29 is 22.6 Å². The molecule has 14 heteroatoms. The molecule has 4 aromatic rings. The van der Waals surface area contributed by atoms with Crippen LogP contribution in [0.15, 0.2) is 65.0 Å². The number of anilines is 1. The summed E-state index contributed by atoms with van der Waals surface area (Å²) in [5, 5.41) is 1.88. The number of aromatic nitrogens is 4. The standard InChI is InChI=1S/C22H21BrN6O5S2/c1-32-17-11-24-22(25-12-17)34-9-8-33-21-19(15-4-6-16(23)7-5-15)20(26-14-27-21)29-36(30,31)28-13-18-3-2-10-35-18/h2-7,10-12,14,28H,8-9,13H2,1H3,(H,26,27,29). The van der Waals surface area contributed by atoms with Crippen molar-refractivity contribution in [2.75, 3.05) is 25.0 Å². The summed E-state index contributed by atoms with van der Waals surface area (Å²) in [6.07, 6.45) is 4.20. The number of nitrogens with zero attached hydrogens (tertiary/aromatic N) is 4. The van der Waals surface area contributed by atoms with Crippen LogP contribution >= 0.6 is 27.3 Å². The number of benzene rings is 1. The maximum atomic E-state index is 12.7. The van der Waals surface area contributed by atoms with Gasteiger partial charge in [-0.2, -0.15) is 23.1 Å². The van der Waals surface area contributed by atoms with Gasteiger partial charge in [-0.05, 0) is 29.1 Å². The Morgan fingerprint density at radius 2 is 1.75 bits per heavy atom. The molecule has 0 saturated heterocycles. The molecule has 1 aromatic carbocycles. The van der Waals surface area contributed by atoms with Gasteiger partial charge in [0.25, 0.3) is 0 Å². The Balaban J connectivity index is 1.50. The van der Waals surface area contributed by atoms with E-state index in [1.54, 1.807) is 12.1 Å². The molecule has 0 saturated carbocycles. The van der Waals surface area contributed by atoms with Gasteiger partial charge < -0.3 is 14.2 Å². The lowest BCUT2D eigenvalue weighted by Crippen LogP contribution is -2.30. The highest BCUT2D eigenvalue weighted by Crippen LogP contribution is 2.35. The van der Waals surface area contributed by atoms with Crippen molar-refractivity contribution in [3.63, 3.8) is 0 Å². The van der Waals surface area contributed by atoms with Crippen molar-refractivity contribution in [2.45, 2.75) is 6.54 Å². The van der Waals surface area contributed by atoms with Gasteiger partial charge in [0.05, 0.1) is 25.1 Å². The second-order valence-electron chi connectivity index (χ2n) is 7.02. The zero-order valence-corrected chi connectivity index (χ0v) is 22.1. The van der Waals surface area contributed by atoms with Crippen LogP contribution in [-0.2, 0) is 16.8 Å². The number of ether oxygens (including phenoxy) is 3. The molecule has 36 heavy (non-hydrogen) atoms. The number of rotatable bonds is 12. The number of hydrogen-bond donors (Lipinski definition) is 2. The van der Waals surface area contributed by atoms with E-state index in [0.717, 1.165) is 9.35 Å². The van der Waals surface area contributed by atoms with E-state index < -0.39 is 10.2 Å². The third-order valence-electron chi connectivity index (χ3n) is 4.59. The Hall–Kier alpha value is -3.33. The lowest BCUT2D eigenvalue weighted by atomic mass is 10.1. The van der Waals surface area contributed by atoms with Gasteiger partial charge in [0.1, 0.15) is 19.5 Å². The molecule has 0 unspecified atom stereocenters. The number of methoxy groups -OCH3 is 1. The summed E-state index contributed by atoms with van der Waals surface area (Å²) in [5.41, 5.74) is 1.04. The minimum atomic E-state index is -3.93. The number of hydrogen-bond acceptors (Lipinski definition) is 10. The molecule has 0 aliphatic heterocycles. The van der Waals surface area contributed by atoms with E-state index in [4.69, 9.17) is 14.2 Å². The normalized spacial score (nSPS) is 11.2. The first kappa shape index (κ1) is 25.8. The SMILES string of the molecule is COc1cnc(OCCOc2ncnc(NS(=O)(=O)NCc3cccs3)c2-c2ccc(Br)cc2)nc1. The van der Waals surface area contributed by atoms with Crippen molar-refractivity contribution in [2.24, 2.45) is 0 Å². The molecule has 0 aliphatic rings. The fraction of sp³-hybridized carbons (Fsp3) is 0.182. The van der Waals surface area contributed by atoms with Gasteiger partial charge in [-0.1, -0.05) is 34.1 Å². The summed E-state index contributed by atoms with van der Waals surface area (Å²) in [6, 6.07) is 11.1. The van der Waals surface area contributed by atoms with Gasteiger partial charge in [-0.15, -0.1) is 11.3 Å². The van der Waals surface area contributed by atoms with Crippen LogP contribution in [0.2, 0.25) is 0 Å². The highest BCUT2D eigenvalue weighted by Gasteiger charge is 2.20. The van der Waals surface area contributed by atoms with E-state index in [2.05, 4.69) is 45.3 Å². The summed E-state index contributed by atoms with van der Waals surface area (Å²) < 4.78 is 47.7. The molecule has 0 amide bonds. The van der Waals surface area contributed by atoms with E-state index >= 15 is 0 Å². The molecule has 0 radical (unpaired) electrons. The quantitative estimate of drug-likeness (QED) is 0.236. The molecule has 0 aliphatic carbocycles. The molecule has 0 bridgehead atoms. The molecular formula is C22H21BrN6O5S2. The molecule has 0 atom stereocenters. The van der Waals surface area contributed by atoms with E-state index in [1.165, 1.54) is 37.2 Å². The van der Waals surface area contributed by atoms with Gasteiger partial charge >= 0.3 is 16.2 Å². The molecule has 0 fully saturated rings. The summed E-state index contributed by atoms with van der Waals surface area (Å²) >= 11 is 4.86. The topological polar surface area (TPSA) is 137 Å². The molecule has 3 heterocycles. The molecule has 188 valence electrons. The molecule has 11 nitrogen and oxygen atoms in total. The number of halogens is 1. The highest BCUT2D eigenvalue weighted by molar-refractivity contribution is 9.10. The largest absolute Gasteiger partial charge is 0.494 e. The Morgan fingerprint density at radius 3 is 2.44 bits per heavy atom. The molecule has 2 N–H and O–H groups in total. The first-order chi connectivity index (χ1) is 17.4. The highest BCUT2D eigenvalue weighted by atomic mass is 79.9. The monoisotopic (exact) mass is 592 g/mol. The van der Waals surface area contributed by atoms with Gasteiger partial charge in [-0.25, -0.2) is 9.97 Å². The second kappa shape index (κ2) is 12.1. The van der Waals surface area contributed by atoms with E-state index in [1.807, 2.05) is 29.6 Å². The first-order valence-electron chi connectivity index (χ1n) is 10.5. The van der Waals surface area contributed by atoms with Crippen molar-refractivity contribution >= 4 is 43.3 Å². The van der Waals surface area contributed by atoms with Crippen molar-refractivity contribution in [1.29, 1.82) is 0 Å². The van der Waals surface area contributed by atoms with Gasteiger partial charge in [0.2, 0.25) is 5.88 Å². The predicted molar refractivity (Wildman–Crippen MR) is 138 cm³/mol. The van der Waals surface area contributed by atoms with Crippen LogP contribution in [0.1, 0.15) is 4.88 Å². The van der Waals surface area contributed by atoms with Gasteiger partial charge in [-0.3, -0.25) is 4.72 Å². The Bertz CT molecular complexity index is 1370. The van der Waals surface area contributed by atoms with Crippen LogP contribution < -0.4 is 23.7 Å².